The molecule has 92 valence electrons. The summed E-state index contributed by atoms with van der Waals surface area (Å²) in [5.74, 6) is 1.71. The normalized spacial score (nSPS) is 24.3. The number of carbonyl (C=O) groups is 1. The molecule has 0 N–H and O–H groups in total. The molecule has 1 fully saturated rings. The molecule has 0 aliphatic heterocycles. The maximum Gasteiger partial charge on any atom is 0.150 e. The van der Waals surface area contributed by atoms with Gasteiger partial charge in [0.05, 0.1) is 6.10 Å². The van der Waals surface area contributed by atoms with E-state index >= 15 is 0 Å². The summed E-state index contributed by atoms with van der Waals surface area (Å²) in [5, 5.41) is 0. The summed E-state index contributed by atoms with van der Waals surface area (Å²) >= 11 is 0. The molecule has 1 aromatic rings. The van der Waals surface area contributed by atoms with E-state index in [1.54, 1.807) is 0 Å². The Kier molecular flexibility index (Phi) is 4.18. The predicted octanol–water partition coefficient (Wildman–Crippen LogP) is 3.85. The van der Waals surface area contributed by atoms with Crippen LogP contribution < -0.4 is 4.74 Å². The maximum atomic E-state index is 10.5. The van der Waals surface area contributed by atoms with Gasteiger partial charge in [-0.1, -0.05) is 19.8 Å². The van der Waals surface area contributed by atoms with Crippen LogP contribution in [0.5, 0.6) is 5.75 Å². The van der Waals surface area contributed by atoms with Gasteiger partial charge in [-0.15, -0.1) is 0 Å². The fourth-order valence-corrected chi connectivity index (χ4v) is 2.54. The van der Waals surface area contributed by atoms with Crippen LogP contribution in [0.3, 0.4) is 0 Å². The van der Waals surface area contributed by atoms with Crippen LogP contribution in [0, 0.1) is 5.92 Å². The van der Waals surface area contributed by atoms with Gasteiger partial charge in [-0.2, -0.15) is 0 Å². The van der Waals surface area contributed by atoms with Gasteiger partial charge in [0, 0.05) is 5.56 Å². The van der Waals surface area contributed by atoms with Gasteiger partial charge in [-0.3, -0.25) is 4.79 Å². The zero-order valence-corrected chi connectivity index (χ0v) is 10.4. The van der Waals surface area contributed by atoms with Gasteiger partial charge in [-0.05, 0) is 49.4 Å². The second-order valence-electron chi connectivity index (χ2n) is 4.87. The number of hydrogen-bond donors (Lipinski definition) is 0. The highest BCUT2D eigenvalue weighted by Gasteiger charge is 2.21. The summed E-state index contributed by atoms with van der Waals surface area (Å²) in [6.07, 6.45) is 7.42. The smallest absolute Gasteiger partial charge is 0.150 e. The van der Waals surface area contributed by atoms with Crippen molar-refractivity contribution in [2.75, 3.05) is 0 Å². The first-order valence-electron chi connectivity index (χ1n) is 6.53. The van der Waals surface area contributed by atoms with Gasteiger partial charge < -0.3 is 4.74 Å². The summed E-state index contributed by atoms with van der Waals surface area (Å²) in [5.41, 5.74) is 0.701. The molecule has 0 radical (unpaired) electrons. The molecule has 0 spiro atoms. The van der Waals surface area contributed by atoms with Gasteiger partial charge in [0.1, 0.15) is 12.0 Å². The van der Waals surface area contributed by atoms with Crippen molar-refractivity contribution in [1.82, 2.24) is 0 Å². The highest BCUT2D eigenvalue weighted by molar-refractivity contribution is 5.74. The Morgan fingerprint density at radius 3 is 2.71 bits per heavy atom. The number of aldehydes is 1. The lowest BCUT2D eigenvalue weighted by Gasteiger charge is -2.28. The van der Waals surface area contributed by atoms with E-state index in [1.807, 2.05) is 24.3 Å². The summed E-state index contributed by atoms with van der Waals surface area (Å²) in [4.78, 5) is 10.5. The summed E-state index contributed by atoms with van der Waals surface area (Å²) in [7, 11) is 0. The van der Waals surface area contributed by atoms with E-state index in [-0.39, 0.29) is 0 Å². The Labute approximate surface area is 103 Å². The van der Waals surface area contributed by atoms with E-state index in [0.29, 0.717) is 11.7 Å². The maximum absolute atomic E-state index is 10.5. The summed E-state index contributed by atoms with van der Waals surface area (Å²) in [6, 6.07) is 7.39. The van der Waals surface area contributed by atoms with E-state index in [9.17, 15) is 4.79 Å². The third-order valence-electron chi connectivity index (χ3n) is 3.63. The number of benzene rings is 1. The fourth-order valence-electron chi connectivity index (χ4n) is 2.54. The first-order valence-corrected chi connectivity index (χ1v) is 6.53. The molecule has 0 bridgehead atoms. The Bertz CT molecular complexity index is 356. The molecule has 17 heavy (non-hydrogen) atoms. The van der Waals surface area contributed by atoms with Crippen LogP contribution >= 0.6 is 0 Å². The van der Waals surface area contributed by atoms with Crippen molar-refractivity contribution in [3.05, 3.63) is 29.8 Å². The highest BCUT2D eigenvalue weighted by atomic mass is 16.5. The minimum Gasteiger partial charge on any atom is -0.490 e. The van der Waals surface area contributed by atoms with Crippen molar-refractivity contribution in [2.45, 2.75) is 45.1 Å². The molecule has 1 saturated carbocycles. The zero-order valence-electron chi connectivity index (χ0n) is 10.4. The molecule has 2 unspecified atom stereocenters. The first-order chi connectivity index (χ1) is 8.31. The van der Waals surface area contributed by atoms with E-state index in [4.69, 9.17) is 4.74 Å². The molecule has 1 aromatic carbocycles. The summed E-state index contributed by atoms with van der Waals surface area (Å²) < 4.78 is 5.97. The van der Waals surface area contributed by atoms with Crippen molar-refractivity contribution < 1.29 is 9.53 Å². The van der Waals surface area contributed by atoms with Gasteiger partial charge in [0.25, 0.3) is 0 Å². The fraction of sp³-hybridized carbons (Fsp3) is 0.533. The van der Waals surface area contributed by atoms with Gasteiger partial charge in [0.15, 0.2) is 0 Å². The van der Waals surface area contributed by atoms with Gasteiger partial charge in [-0.25, -0.2) is 0 Å². The van der Waals surface area contributed by atoms with Crippen molar-refractivity contribution in [3.63, 3.8) is 0 Å². The van der Waals surface area contributed by atoms with Crippen molar-refractivity contribution in [3.8, 4) is 5.75 Å². The van der Waals surface area contributed by atoms with Crippen LogP contribution in [-0.2, 0) is 0 Å². The molecule has 2 heteroatoms. The molecular weight excluding hydrogens is 212 g/mol. The van der Waals surface area contributed by atoms with Crippen LogP contribution in [0.25, 0.3) is 0 Å². The lowest BCUT2D eigenvalue weighted by molar-refractivity contribution is 0.112. The van der Waals surface area contributed by atoms with E-state index in [0.717, 1.165) is 24.4 Å². The highest BCUT2D eigenvalue weighted by Crippen LogP contribution is 2.29. The van der Waals surface area contributed by atoms with Crippen molar-refractivity contribution in [2.24, 2.45) is 5.92 Å². The number of hydrogen-bond acceptors (Lipinski definition) is 2. The molecule has 0 amide bonds. The zero-order chi connectivity index (χ0) is 12.1. The van der Waals surface area contributed by atoms with Crippen LogP contribution in [0.1, 0.15) is 49.4 Å². The average Bonchev–Trinajstić information content (AvgIpc) is 2.40. The van der Waals surface area contributed by atoms with Gasteiger partial charge >= 0.3 is 0 Å². The molecule has 1 aliphatic carbocycles. The molecule has 0 saturated heterocycles. The minimum absolute atomic E-state index is 0.357. The van der Waals surface area contributed by atoms with Crippen LogP contribution in [0.2, 0.25) is 0 Å². The summed E-state index contributed by atoms with van der Waals surface area (Å²) in [6.45, 7) is 2.26. The average molecular weight is 232 g/mol. The topological polar surface area (TPSA) is 26.3 Å². The van der Waals surface area contributed by atoms with E-state index in [2.05, 4.69) is 6.92 Å². The van der Waals surface area contributed by atoms with Crippen LogP contribution in [0.15, 0.2) is 24.3 Å². The molecule has 0 aromatic heterocycles. The molecule has 2 nitrogen and oxygen atoms in total. The monoisotopic (exact) mass is 232 g/mol. The molecule has 1 aliphatic rings. The largest absolute Gasteiger partial charge is 0.490 e. The Balaban J connectivity index is 1.92. The second-order valence-corrected chi connectivity index (χ2v) is 4.87. The standard InChI is InChI=1S/C15H20O2/c1-2-12-4-3-5-15(10-12)17-14-8-6-13(11-16)7-9-14/h6-9,11-12,15H,2-5,10H2,1H3. The number of rotatable bonds is 4. The predicted molar refractivity (Wildman–Crippen MR) is 68.5 cm³/mol. The van der Waals surface area contributed by atoms with E-state index < -0.39 is 0 Å². The molecule has 2 atom stereocenters. The quantitative estimate of drug-likeness (QED) is 0.737. The van der Waals surface area contributed by atoms with Crippen molar-refractivity contribution >= 4 is 6.29 Å². The molecular formula is C15H20O2. The lowest BCUT2D eigenvalue weighted by Crippen LogP contribution is -2.25. The Morgan fingerprint density at radius 1 is 1.29 bits per heavy atom. The third-order valence-corrected chi connectivity index (χ3v) is 3.63. The van der Waals surface area contributed by atoms with Crippen LogP contribution in [-0.4, -0.2) is 12.4 Å². The molecule has 2 rings (SSSR count). The van der Waals surface area contributed by atoms with Crippen LogP contribution in [0.4, 0.5) is 0 Å². The van der Waals surface area contributed by atoms with E-state index in [1.165, 1.54) is 25.7 Å². The third kappa shape index (κ3) is 3.32. The number of ether oxygens (including phenoxy) is 1. The molecule has 0 heterocycles. The van der Waals surface area contributed by atoms with Gasteiger partial charge in [0.2, 0.25) is 0 Å². The Morgan fingerprint density at radius 2 is 2.06 bits per heavy atom. The minimum atomic E-state index is 0.357. The second kappa shape index (κ2) is 5.85. The SMILES string of the molecule is CCC1CCCC(Oc2ccc(C=O)cc2)C1. The number of carbonyl (C=O) groups excluding carboxylic acids is 1. The first kappa shape index (κ1) is 12.2. The Hall–Kier alpha value is -1.31. The lowest BCUT2D eigenvalue weighted by atomic mass is 9.85. The van der Waals surface area contributed by atoms with Crippen molar-refractivity contribution in [1.29, 1.82) is 0 Å².